The summed E-state index contributed by atoms with van der Waals surface area (Å²) in [7, 11) is 0. The predicted octanol–water partition coefficient (Wildman–Crippen LogP) is 36.0. The van der Waals surface area contributed by atoms with E-state index in [2.05, 4.69) is 337 Å². The maximum Gasteiger partial charge on any atom is 2.00 e. The van der Waals surface area contributed by atoms with Gasteiger partial charge in [-0.05, 0) is 246 Å². The standard InChI is InChI=1S/3C23H26NS.C16H20INS.C10H9NS.C6H12I2.2C6H6N.2C5H9O2.5V/c3*1-19-13-14-21-22(18-19)24-16-15-23(21)25-17-9-4-2-3-6-10-20-11-7-5-8-12-20;1-13-6-7-14-15(12-13)18-10-8-16(14)19-11-5-3-2-4-9-17;1-7-2-3-8-9(6-7)11-5-4-10(8)12;7-5-3-1-2-4-6-8;2*7-6-4-2-1-3-5-6;2*1-5(2,3)7-4-6;;;;;/h3*5,7,11-16,18H,2-4,6,9-10,17H2,1H3;6-8,10,12H,2-5,9,11H2,1H3;2-6H,1H3,(H,11,12);1-6H2;2*1-2,4-5H,7H2;2*1-3H3;;;;;/q3*-1;;;;4*-1;;;;2*+2. The summed E-state index contributed by atoms with van der Waals surface area (Å²) in [4.78, 5) is 45.5. The number of hydrogen-bond donors (Lipinski definition) is 3. The van der Waals surface area contributed by atoms with E-state index in [1.807, 2.05) is 139 Å². The Hall–Kier alpha value is -5.48. The van der Waals surface area contributed by atoms with Crippen molar-refractivity contribution in [2.45, 2.75) is 274 Å². The minimum atomic E-state index is -0.373. The first-order valence-electron chi connectivity index (χ1n) is 50.0. The molecule has 147 heavy (non-hydrogen) atoms. The van der Waals surface area contributed by atoms with Crippen molar-refractivity contribution in [3.05, 3.63) is 353 Å². The Labute approximate surface area is 1000 Å². The van der Waals surface area contributed by atoms with E-state index in [-0.39, 0.29) is 104 Å². The number of rotatable bonds is 41. The summed E-state index contributed by atoms with van der Waals surface area (Å²) in [5.41, 5.74) is 27.6. The number of nitrogens with zero attached hydrogens (tertiary/aromatic N) is 4. The van der Waals surface area contributed by atoms with Crippen molar-refractivity contribution in [3.8, 4) is 0 Å². The topological polar surface area (TPSA) is 172 Å². The number of thioether (sulfide) groups is 4. The number of nitrogen functional groups attached to an aromatic ring is 2. The third-order valence-electron chi connectivity index (χ3n) is 21.7. The molecule has 15 rings (SSSR count). The maximum atomic E-state index is 9.47. The zero-order valence-electron chi connectivity index (χ0n) is 87.8. The SMILES string of the molecule is CC(C)(C)O[C-]=O.CC(C)(C)O[C-]=O.Cc1ccc2c(=S)cc[nH]c2c1.Cc1ccc2c(SCCCCCCCc3c[c-]ccc3)ccnc2c1.Cc1ccc2c(SCCCCCCCc3c[c-]ccc3)ccnc2c1.Cc1ccc2c(SCCCCCCCc3c[c-]ccc3)ccnc2c1.Cc1ccc2c(SCCCCCCI)ccnc2c1.ICCCCCCI.Nc1c[c-]ccc1.Nc1c[c-]ccc1.[V+2].[V+2].[V].[V].[V]. The molecule has 0 aliphatic rings. The first-order valence-corrected chi connectivity index (χ1v) is 58.9. The van der Waals surface area contributed by atoms with Gasteiger partial charge in [0.25, 0.3) is 0 Å². The van der Waals surface area contributed by atoms with E-state index in [0.29, 0.717) is 0 Å². The number of nitrogens with two attached hydrogens (primary N) is 2. The molecule has 0 bridgehead atoms. The normalized spacial score (nSPS) is 10.3. The summed E-state index contributed by atoms with van der Waals surface area (Å²) < 4.78 is 13.7. The number of aromatic nitrogens is 5. The van der Waals surface area contributed by atoms with E-state index in [1.165, 1.54) is 302 Å². The second kappa shape index (κ2) is 86.8. The number of halogens is 3. The third kappa shape index (κ3) is 65.1. The minimum absolute atomic E-state index is 0. The third-order valence-corrected chi connectivity index (χ3v) is 29.0. The number of hydrogen-bond acceptors (Lipinski definition) is 15. The number of alkyl halides is 3. The summed E-state index contributed by atoms with van der Waals surface area (Å²) in [6.45, 7) is 24.0. The molecule has 5 aromatic heterocycles. The van der Waals surface area contributed by atoms with Crippen LogP contribution in [0.4, 0.5) is 11.4 Å². The quantitative estimate of drug-likeness (QED) is 0.00628. The van der Waals surface area contributed by atoms with E-state index in [0.717, 1.165) is 48.9 Å². The van der Waals surface area contributed by atoms with Crippen LogP contribution in [0.15, 0.2) is 293 Å². The van der Waals surface area contributed by atoms with Gasteiger partial charge in [-0.1, -0.05) is 287 Å². The molecule has 0 saturated carbocycles. The fraction of sp³-hybridized carbons (Fsp3) is 0.374. The molecule has 0 fully saturated rings. The number of carbonyl (C=O) groups excluding carboxylic acids is 2. The van der Waals surface area contributed by atoms with Gasteiger partial charge >= 0.3 is 37.1 Å². The number of pyridine rings is 5. The zero-order valence-corrected chi connectivity index (χ0v) is 105. The van der Waals surface area contributed by atoms with Crippen LogP contribution in [0.1, 0.15) is 234 Å². The molecule has 0 atom stereocenters. The summed E-state index contributed by atoms with van der Waals surface area (Å²) >= 11 is 20.4. The molecular weight excluding hydrogens is 2440 g/mol. The Morgan fingerprint density at radius 2 is 0.585 bits per heavy atom. The van der Waals surface area contributed by atoms with Crippen LogP contribution < -0.4 is 11.5 Å². The Kier molecular flexibility index (Phi) is 82.4. The number of anilines is 2. The van der Waals surface area contributed by atoms with Crippen molar-refractivity contribution in [3.63, 3.8) is 0 Å². The first kappa shape index (κ1) is 140. The minimum Gasteiger partial charge on any atom is -0.649 e. The van der Waals surface area contributed by atoms with Crippen LogP contribution in [0.2, 0.25) is 0 Å². The van der Waals surface area contributed by atoms with E-state index < -0.39 is 0 Å². The molecule has 15 aromatic rings. The first-order chi connectivity index (χ1) is 68.9. The zero-order chi connectivity index (χ0) is 102. The second-order valence-corrected chi connectivity index (χ2v) is 44.8. The van der Waals surface area contributed by atoms with Crippen LogP contribution in [0.5, 0.6) is 0 Å². The number of aromatic amines is 1. The number of unbranched alkanes of at least 4 members (excludes halogenated alkanes) is 18. The molecule has 0 aliphatic carbocycles. The Morgan fingerprint density at radius 3 is 0.816 bits per heavy atom. The number of benzene rings is 10. The van der Waals surface area contributed by atoms with Crippen molar-refractivity contribution in [2.24, 2.45) is 0 Å². The average Bonchev–Trinajstić information content (AvgIpc) is 0.726. The molecule has 5 heterocycles. The van der Waals surface area contributed by atoms with E-state index in [9.17, 15) is 9.59 Å². The Bertz CT molecular complexity index is 5580. The van der Waals surface area contributed by atoms with Crippen molar-refractivity contribution >= 4 is 206 Å². The smallest absolute Gasteiger partial charge is 0.649 e. The van der Waals surface area contributed by atoms with E-state index in [1.54, 1.807) is 53.7 Å². The van der Waals surface area contributed by atoms with Crippen LogP contribution >= 0.6 is 127 Å². The number of fused-ring (bicyclic) bond motifs is 5. The summed E-state index contributed by atoms with van der Waals surface area (Å²) in [6.07, 6.45) is 44.0. The Morgan fingerprint density at radius 1 is 0.333 bits per heavy atom. The summed E-state index contributed by atoms with van der Waals surface area (Å²) in [6, 6.07) is 97.7. The molecule has 0 spiro atoms. The second-order valence-electron chi connectivity index (χ2n) is 36.6. The molecule has 0 saturated heterocycles. The van der Waals surface area contributed by atoms with E-state index in [4.69, 9.17) is 23.7 Å². The summed E-state index contributed by atoms with van der Waals surface area (Å²) in [5.74, 6) is 4.80. The number of nitrogens with one attached hydrogen (secondary N) is 1. The molecule has 5 radical (unpaired) electrons. The molecule has 5 N–H and O–H groups in total. The van der Waals surface area contributed by atoms with E-state index >= 15 is 0 Å². The number of ether oxygens (including phenoxy) is 2. The molecule has 0 amide bonds. The van der Waals surface area contributed by atoms with Gasteiger partial charge < -0.3 is 35.5 Å². The largest absolute Gasteiger partial charge is 2.00 e. The molecule has 0 aliphatic heterocycles. The number of H-pyrrole nitrogens is 1. The average molecular weight is 2590 g/mol. The van der Waals surface area contributed by atoms with Gasteiger partial charge in [0, 0.05) is 143 Å². The van der Waals surface area contributed by atoms with Crippen LogP contribution in [-0.2, 0) is 131 Å². The van der Waals surface area contributed by atoms with Gasteiger partial charge in [-0.25, -0.2) is 0 Å². The molecule has 0 unspecified atom stereocenters. The fourth-order valence-corrected chi connectivity index (χ4v) is 20.3. The van der Waals surface area contributed by atoms with Crippen molar-refractivity contribution in [1.29, 1.82) is 0 Å². The molecule has 779 valence electrons. The van der Waals surface area contributed by atoms with Crippen LogP contribution in [0.25, 0.3) is 54.5 Å². The van der Waals surface area contributed by atoms with Gasteiger partial charge in [0.15, 0.2) is 0 Å². The molecular formula is C123H149I3N7O4S5V5-3. The molecule has 24 heteroatoms. The maximum absolute atomic E-state index is 9.47. The van der Waals surface area contributed by atoms with Crippen molar-refractivity contribution in [1.82, 2.24) is 24.9 Å². The summed E-state index contributed by atoms with van der Waals surface area (Å²) in [5, 5.41) is 6.29. The van der Waals surface area contributed by atoms with Gasteiger partial charge in [0.2, 0.25) is 0 Å². The van der Waals surface area contributed by atoms with Crippen LogP contribution in [-0.4, -0.2) is 85.4 Å². The Balaban J connectivity index is 0.000000847. The number of aryl methyl sites for hydroxylation is 8. The van der Waals surface area contributed by atoms with Gasteiger partial charge in [0.05, 0.1) is 33.3 Å². The van der Waals surface area contributed by atoms with Gasteiger partial charge in [0.1, 0.15) is 0 Å². The van der Waals surface area contributed by atoms with Gasteiger partial charge in [-0.2, -0.15) is 168 Å². The van der Waals surface area contributed by atoms with Gasteiger partial charge in [-0.15, -0.1) is 47.0 Å². The van der Waals surface area contributed by atoms with Gasteiger partial charge in [-0.3, -0.25) is 19.9 Å². The monoisotopic (exact) mass is 2580 g/mol. The predicted molar refractivity (Wildman–Crippen MR) is 645 cm³/mol. The van der Waals surface area contributed by atoms with Crippen LogP contribution in [0.3, 0.4) is 0 Å². The van der Waals surface area contributed by atoms with Crippen molar-refractivity contribution < 1.29 is 112 Å². The fourth-order valence-electron chi connectivity index (χ4n) is 14.2. The molecule has 10 aromatic carbocycles. The van der Waals surface area contributed by atoms with Crippen molar-refractivity contribution in [2.75, 3.05) is 47.8 Å². The molecule has 11 nitrogen and oxygen atoms in total. The van der Waals surface area contributed by atoms with Crippen LogP contribution in [0, 0.1) is 69.5 Å².